The number of likely N-dealkylation sites (tertiary alicyclic amines) is 1. The lowest BCUT2D eigenvalue weighted by Crippen LogP contribution is -2.40. The highest BCUT2D eigenvalue weighted by molar-refractivity contribution is 6.05. The standard InChI is InChI=1S/C35H33N5O3/c1-21-28(3-2-4-30(21)39-34(42)25-11-7-23(8-12-25)22-5-6-22)32-29-19-31(38-33(29)37-20-36-32)24-9-13-26(14-10-24)35(43)40-17-15-27(41)16-18-40/h2-4,7-14,19-20,22,27,41H,5-6,15-18H2,1H3,(H,39,42)(H,36,37,38). The number of carbonyl (C=O) groups excluding carboxylic acids is 2. The number of amides is 2. The van der Waals surface area contributed by atoms with Crippen LogP contribution in [-0.2, 0) is 0 Å². The van der Waals surface area contributed by atoms with Crippen LogP contribution in [0.15, 0.2) is 79.1 Å². The average molecular weight is 572 g/mol. The summed E-state index contributed by atoms with van der Waals surface area (Å²) in [5.41, 5.74) is 8.41. The summed E-state index contributed by atoms with van der Waals surface area (Å²) in [5, 5.41) is 13.7. The van der Waals surface area contributed by atoms with Gasteiger partial charge in [-0.15, -0.1) is 0 Å². The molecule has 1 aliphatic heterocycles. The van der Waals surface area contributed by atoms with Gasteiger partial charge in [0.15, 0.2) is 0 Å². The van der Waals surface area contributed by atoms with E-state index >= 15 is 0 Å². The zero-order valence-electron chi connectivity index (χ0n) is 24.0. The molecule has 1 aliphatic carbocycles. The van der Waals surface area contributed by atoms with Gasteiger partial charge < -0.3 is 20.3 Å². The smallest absolute Gasteiger partial charge is 0.255 e. The lowest BCUT2D eigenvalue weighted by molar-refractivity contribution is 0.0546. The van der Waals surface area contributed by atoms with Crippen LogP contribution in [0.1, 0.15) is 63.4 Å². The monoisotopic (exact) mass is 571 g/mol. The number of hydrogen-bond donors (Lipinski definition) is 3. The van der Waals surface area contributed by atoms with Crippen LogP contribution in [0.5, 0.6) is 0 Å². The quantitative estimate of drug-likeness (QED) is 0.221. The minimum atomic E-state index is -0.319. The van der Waals surface area contributed by atoms with Crippen LogP contribution in [0.3, 0.4) is 0 Å². The number of piperidine rings is 1. The first kappa shape index (κ1) is 27.0. The molecule has 216 valence electrons. The van der Waals surface area contributed by atoms with Crippen LogP contribution in [0, 0.1) is 6.92 Å². The molecule has 5 aromatic rings. The number of benzene rings is 3. The van der Waals surface area contributed by atoms with Crippen molar-refractivity contribution >= 4 is 28.5 Å². The Morgan fingerprint density at radius 3 is 2.35 bits per heavy atom. The first-order valence-electron chi connectivity index (χ1n) is 14.9. The van der Waals surface area contributed by atoms with E-state index in [0.717, 1.165) is 39.2 Å². The van der Waals surface area contributed by atoms with Crippen LogP contribution >= 0.6 is 0 Å². The second kappa shape index (κ2) is 11.1. The summed E-state index contributed by atoms with van der Waals surface area (Å²) in [6, 6.07) is 23.3. The molecule has 2 amide bonds. The molecule has 2 aliphatic rings. The summed E-state index contributed by atoms with van der Waals surface area (Å²) in [4.78, 5) is 40.3. The van der Waals surface area contributed by atoms with Crippen LogP contribution in [-0.4, -0.2) is 56.0 Å². The molecular weight excluding hydrogens is 538 g/mol. The minimum Gasteiger partial charge on any atom is -0.393 e. The first-order valence-corrected chi connectivity index (χ1v) is 14.9. The number of anilines is 1. The maximum Gasteiger partial charge on any atom is 0.255 e. The zero-order valence-corrected chi connectivity index (χ0v) is 24.0. The second-order valence-corrected chi connectivity index (χ2v) is 11.6. The summed E-state index contributed by atoms with van der Waals surface area (Å²) < 4.78 is 0. The molecule has 1 saturated carbocycles. The SMILES string of the molecule is Cc1c(NC(=O)c2ccc(C3CC3)cc2)cccc1-c1ncnc2[nH]c(-c3ccc(C(=O)N4CCC(O)CC4)cc3)cc12. The van der Waals surface area contributed by atoms with Gasteiger partial charge in [-0.2, -0.15) is 0 Å². The van der Waals surface area contributed by atoms with Crippen LogP contribution in [0.4, 0.5) is 5.69 Å². The van der Waals surface area contributed by atoms with E-state index in [4.69, 9.17) is 0 Å². The number of H-pyrrole nitrogens is 1. The third-order valence-electron chi connectivity index (χ3n) is 8.68. The van der Waals surface area contributed by atoms with Gasteiger partial charge in [0, 0.05) is 46.5 Å². The molecule has 2 aromatic heterocycles. The number of fused-ring (bicyclic) bond motifs is 1. The van der Waals surface area contributed by atoms with Crippen molar-refractivity contribution in [1.82, 2.24) is 19.9 Å². The van der Waals surface area contributed by atoms with E-state index in [9.17, 15) is 14.7 Å². The van der Waals surface area contributed by atoms with E-state index in [2.05, 4.69) is 32.4 Å². The van der Waals surface area contributed by atoms with Crippen molar-refractivity contribution in [2.75, 3.05) is 18.4 Å². The number of aliphatic hydroxyl groups is 1. The highest BCUT2D eigenvalue weighted by Gasteiger charge is 2.24. The molecule has 2 fully saturated rings. The summed E-state index contributed by atoms with van der Waals surface area (Å²) in [7, 11) is 0. The number of nitrogens with zero attached hydrogens (tertiary/aromatic N) is 3. The van der Waals surface area contributed by atoms with Crippen LogP contribution in [0.25, 0.3) is 33.5 Å². The van der Waals surface area contributed by atoms with Crippen LogP contribution < -0.4 is 5.32 Å². The lowest BCUT2D eigenvalue weighted by Gasteiger charge is -2.29. The Morgan fingerprint density at radius 2 is 1.63 bits per heavy atom. The normalized spacial score (nSPS) is 15.5. The Hall–Kier alpha value is -4.82. The summed E-state index contributed by atoms with van der Waals surface area (Å²) >= 11 is 0. The molecular formula is C35H33N5O3. The van der Waals surface area contributed by atoms with E-state index in [1.54, 1.807) is 11.2 Å². The van der Waals surface area contributed by atoms with Gasteiger partial charge in [0.2, 0.25) is 0 Å². The fourth-order valence-corrected chi connectivity index (χ4v) is 5.90. The van der Waals surface area contributed by atoms with E-state index < -0.39 is 0 Å². The van der Waals surface area contributed by atoms with Gasteiger partial charge in [-0.3, -0.25) is 9.59 Å². The van der Waals surface area contributed by atoms with Gasteiger partial charge in [0.25, 0.3) is 11.8 Å². The zero-order chi connectivity index (χ0) is 29.5. The number of nitrogens with one attached hydrogen (secondary N) is 2. The van der Waals surface area contributed by atoms with Crippen LogP contribution in [0.2, 0.25) is 0 Å². The van der Waals surface area contributed by atoms with Gasteiger partial charge in [-0.25, -0.2) is 9.97 Å². The number of hydrogen-bond acceptors (Lipinski definition) is 5. The molecule has 0 unspecified atom stereocenters. The fourth-order valence-electron chi connectivity index (χ4n) is 5.90. The topological polar surface area (TPSA) is 111 Å². The maximum absolute atomic E-state index is 13.1. The molecule has 8 heteroatoms. The number of aromatic amines is 1. The Labute approximate surface area is 249 Å². The highest BCUT2D eigenvalue weighted by Crippen LogP contribution is 2.40. The number of carbonyl (C=O) groups is 2. The molecule has 0 atom stereocenters. The molecule has 8 nitrogen and oxygen atoms in total. The van der Waals surface area contributed by atoms with Crippen molar-refractivity contribution in [2.45, 2.75) is 44.6 Å². The van der Waals surface area contributed by atoms with Crippen molar-refractivity contribution < 1.29 is 14.7 Å². The number of rotatable bonds is 6. The highest BCUT2D eigenvalue weighted by atomic mass is 16.3. The fraction of sp³-hybridized carbons (Fsp3) is 0.257. The molecule has 3 heterocycles. The van der Waals surface area contributed by atoms with Crippen molar-refractivity contribution in [2.24, 2.45) is 0 Å². The Morgan fingerprint density at radius 1 is 0.907 bits per heavy atom. The number of aliphatic hydroxyl groups excluding tert-OH is 1. The predicted octanol–water partition coefficient (Wildman–Crippen LogP) is 6.33. The molecule has 0 radical (unpaired) electrons. The van der Waals surface area contributed by atoms with Gasteiger partial charge in [-0.1, -0.05) is 36.4 Å². The summed E-state index contributed by atoms with van der Waals surface area (Å²) in [6.07, 6.45) is 4.92. The van der Waals surface area contributed by atoms with Crippen molar-refractivity contribution in [3.63, 3.8) is 0 Å². The Kier molecular flexibility index (Phi) is 6.99. The second-order valence-electron chi connectivity index (χ2n) is 11.6. The largest absolute Gasteiger partial charge is 0.393 e. The van der Waals surface area contributed by atoms with Crippen molar-refractivity contribution in [3.8, 4) is 22.5 Å². The van der Waals surface area contributed by atoms with E-state index in [1.165, 1.54) is 18.4 Å². The minimum absolute atomic E-state index is 0.0130. The molecule has 0 bridgehead atoms. The van der Waals surface area contributed by atoms with Gasteiger partial charge in [0.05, 0.1) is 11.8 Å². The average Bonchev–Trinajstić information content (AvgIpc) is 3.80. The van der Waals surface area contributed by atoms with Crippen molar-refractivity contribution in [3.05, 3.63) is 101 Å². The third kappa shape index (κ3) is 5.42. The van der Waals surface area contributed by atoms with E-state index in [0.29, 0.717) is 48.6 Å². The first-order chi connectivity index (χ1) is 20.9. The molecule has 1 saturated heterocycles. The molecule has 0 spiro atoms. The number of aromatic nitrogens is 3. The van der Waals surface area contributed by atoms with Gasteiger partial charge >= 0.3 is 0 Å². The molecule has 3 aromatic carbocycles. The van der Waals surface area contributed by atoms with Gasteiger partial charge in [-0.05, 0) is 91.6 Å². The third-order valence-corrected chi connectivity index (χ3v) is 8.68. The molecule has 7 rings (SSSR count). The summed E-state index contributed by atoms with van der Waals surface area (Å²) in [5.74, 6) is 0.499. The lowest BCUT2D eigenvalue weighted by atomic mass is 10.0. The van der Waals surface area contributed by atoms with E-state index in [1.807, 2.05) is 67.6 Å². The molecule has 3 N–H and O–H groups in total. The Balaban J connectivity index is 1.13. The summed E-state index contributed by atoms with van der Waals surface area (Å²) in [6.45, 7) is 3.13. The van der Waals surface area contributed by atoms with E-state index in [-0.39, 0.29) is 17.9 Å². The Bertz CT molecular complexity index is 1820. The van der Waals surface area contributed by atoms with Crippen molar-refractivity contribution in [1.29, 1.82) is 0 Å². The van der Waals surface area contributed by atoms with Gasteiger partial charge in [0.1, 0.15) is 12.0 Å². The predicted molar refractivity (Wildman–Crippen MR) is 167 cm³/mol. The molecule has 43 heavy (non-hydrogen) atoms. The maximum atomic E-state index is 13.1.